The van der Waals surface area contributed by atoms with Crippen LogP contribution in [0.25, 0.3) is 0 Å². The molecule has 0 unspecified atom stereocenters. The van der Waals surface area contributed by atoms with Gasteiger partial charge in [-0.2, -0.15) is 0 Å². The Morgan fingerprint density at radius 2 is 1.03 bits per heavy atom. The van der Waals surface area contributed by atoms with E-state index in [-0.39, 0.29) is 30.1 Å². The predicted molar refractivity (Wildman–Crippen MR) is 133 cm³/mol. The second kappa shape index (κ2) is 11.4. The fraction of sp³-hybridized carbons (Fsp3) is 0.846. The summed E-state index contributed by atoms with van der Waals surface area (Å²) in [6, 6.07) is 4.37. The summed E-state index contributed by atoms with van der Waals surface area (Å²) in [6.07, 6.45) is 1.28. The largest absolute Gasteiger partial charge is 0.468 e. The molecule has 2 rings (SSSR count). The molecule has 0 amide bonds. The lowest BCUT2D eigenvalue weighted by atomic mass is 9.76. The molecular weight excluding hydrogens is 468 g/mol. The summed E-state index contributed by atoms with van der Waals surface area (Å²) in [4.78, 5) is 51.9. The average Bonchev–Trinajstić information content (AvgIpc) is 3.44. The van der Waals surface area contributed by atoms with Gasteiger partial charge in [0, 0.05) is 0 Å². The Labute approximate surface area is 210 Å². The molecule has 0 aromatic carbocycles. The molecule has 200 valence electrons. The van der Waals surface area contributed by atoms with E-state index in [1.165, 1.54) is 28.4 Å². The minimum Gasteiger partial charge on any atom is -0.468 e. The van der Waals surface area contributed by atoms with Crippen molar-refractivity contribution < 1.29 is 38.1 Å². The van der Waals surface area contributed by atoms with Gasteiger partial charge < -0.3 is 18.9 Å². The molecule has 0 spiro atoms. The molecular formula is C26H44O8Si. The van der Waals surface area contributed by atoms with Crippen LogP contribution in [0.4, 0.5) is 0 Å². The van der Waals surface area contributed by atoms with Gasteiger partial charge in [-0.15, -0.1) is 0 Å². The lowest BCUT2D eigenvalue weighted by Crippen LogP contribution is -2.40. The zero-order chi connectivity index (χ0) is 26.6. The second-order valence-corrected chi connectivity index (χ2v) is 16.3. The lowest BCUT2D eigenvalue weighted by molar-refractivity contribution is -0.171. The van der Waals surface area contributed by atoms with Crippen molar-refractivity contribution in [2.45, 2.75) is 77.6 Å². The highest BCUT2D eigenvalue weighted by atomic mass is 28.3. The van der Waals surface area contributed by atoms with E-state index in [1.807, 2.05) is 6.92 Å². The molecule has 0 aliphatic heterocycles. The Hall–Kier alpha value is -1.90. The molecule has 0 radical (unpaired) electrons. The maximum absolute atomic E-state index is 13.1. The van der Waals surface area contributed by atoms with Crippen molar-refractivity contribution in [3.63, 3.8) is 0 Å². The van der Waals surface area contributed by atoms with Crippen LogP contribution in [0.2, 0.25) is 24.2 Å². The van der Waals surface area contributed by atoms with Gasteiger partial charge in [0.1, 0.15) is 0 Å². The molecule has 8 nitrogen and oxygen atoms in total. The third kappa shape index (κ3) is 5.02. The molecule has 2 saturated carbocycles. The Balaban J connectivity index is 2.58. The van der Waals surface area contributed by atoms with Gasteiger partial charge in [-0.1, -0.05) is 51.9 Å². The standard InChI is InChI=1S/C26H44O8Si/c1-9-35(10-2,11-3)16-18-13-26(23(29)33-7,24(30)34-8)15-20(18)19-14-25(12-17(19)4,21(27)31-5)22(28)32-6/h17-20H,9-16H2,1-8H3/t17-,18-,19-,20+/m0/s1. The number of carbonyl (C=O) groups is 4. The third-order valence-corrected chi connectivity index (χ3v) is 15.5. The number of methoxy groups -OCH3 is 4. The third-order valence-electron chi connectivity index (χ3n) is 9.59. The van der Waals surface area contributed by atoms with Crippen LogP contribution in [0.15, 0.2) is 0 Å². The van der Waals surface area contributed by atoms with Gasteiger partial charge in [0.05, 0.1) is 36.5 Å². The first-order chi connectivity index (χ1) is 16.5. The lowest BCUT2D eigenvalue weighted by Gasteiger charge is -2.36. The number of esters is 4. The number of carbonyl (C=O) groups excluding carboxylic acids is 4. The Morgan fingerprint density at radius 1 is 0.657 bits per heavy atom. The fourth-order valence-corrected chi connectivity index (χ4v) is 11.2. The molecule has 0 heterocycles. The van der Waals surface area contributed by atoms with Gasteiger partial charge in [-0.3, -0.25) is 19.2 Å². The minimum atomic E-state index is -1.63. The number of rotatable bonds is 10. The van der Waals surface area contributed by atoms with Crippen molar-refractivity contribution in [1.29, 1.82) is 0 Å². The van der Waals surface area contributed by atoms with Gasteiger partial charge >= 0.3 is 23.9 Å². The fourth-order valence-electron chi connectivity index (χ4n) is 7.29. The molecule has 0 N–H and O–H groups in total. The first-order valence-electron chi connectivity index (χ1n) is 12.8. The number of hydrogen-bond acceptors (Lipinski definition) is 8. The van der Waals surface area contributed by atoms with Crippen molar-refractivity contribution in [3.8, 4) is 0 Å². The van der Waals surface area contributed by atoms with Gasteiger partial charge in [0.2, 0.25) is 0 Å². The van der Waals surface area contributed by atoms with Crippen LogP contribution in [-0.4, -0.2) is 60.4 Å². The van der Waals surface area contributed by atoms with Crippen LogP contribution in [-0.2, 0) is 38.1 Å². The van der Waals surface area contributed by atoms with E-state index in [4.69, 9.17) is 18.9 Å². The summed E-state index contributed by atoms with van der Waals surface area (Å²) < 4.78 is 20.4. The smallest absolute Gasteiger partial charge is 0.323 e. The first kappa shape index (κ1) is 29.3. The summed E-state index contributed by atoms with van der Waals surface area (Å²) in [5, 5.41) is 0. The zero-order valence-corrected chi connectivity index (χ0v) is 23.7. The Bertz CT molecular complexity index is 765. The number of ether oxygens (including phenoxy) is 4. The zero-order valence-electron chi connectivity index (χ0n) is 22.7. The predicted octanol–water partition coefficient (Wildman–Crippen LogP) is 4.23. The molecule has 0 bridgehead atoms. The first-order valence-corrected chi connectivity index (χ1v) is 15.7. The molecule has 2 aliphatic rings. The van der Waals surface area contributed by atoms with Gasteiger partial charge in [-0.05, 0) is 49.4 Å². The molecule has 35 heavy (non-hydrogen) atoms. The molecule has 4 atom stereocenters. The second-order valence-electron chi connectivity index (χ2n) is 10.8. The molecule has 0 saturated heterocycles. The number of hydrogen-bond donors (Lipinski definition) is 0. The Kier molecular flexibility index (Phi) is 9.58. The minimum absolute atomic E-state index is 0.00717. The maximum Gasteiger partial charge on any atom is 0.323 e. The highest BCUT2D eigenvalue weighted by Crippen LogP contribution is 2.60. The normalized spacial score (nSPS) is 27.2. The van der Waals surface area contributed by atoms with Crippen LogP contribution < -0.4 is 0 Å². The SMILES string of the molecule is CC[Si](CC)(CC)C[C@@H]1CC(C(=O)OC)(C(=O)OC)C[C@H]1[C@H]1CC(C(=O)OC)(C(=O)OC)C[C@@H]1C. The summed E-state index contributed by atoms with van der Waals surface area (Å²) in [6.45, 7) is 8.77. The van der Waals surface area contributed by atoms with Crippen LogP contribution in [0, 0.1) is 34.5 Å². The van der Waals surface area contributed by atoms with E-state index in [1.54, 1.807) is 0 Å². The van der Waals surface area contributed by atoms with E-state index in [0.29, 0.717) is 19.3 Å². The molecule has 9 heteroatoms. The van der Waals surface area contributed by atoms with Crippen LogP contribution in [0.3, 0.4) is 0 Å². The van der Waals surface area contributed by atoms with Gasteiger partial charge in [0.15, 0.2) is 10.8 Å². The molecule has 2 fully saturated rings. The summed E-state index contributed by atoms with van der Waals surface area (Å²) in [5.74, 6) is -2.27. The maximum atomic E-state index is 13.1. The molecule has 0 aromatic heterocycles. The van der Waals surface area contributed by atoms with Gasteiger partial charge in [0.25, 0.3) is 0 Å². The topological polar surface area (TPSA) is 105 Å². The van der Waals surface area contributed by atoms with Gasteiger partial charge in [-0.25, -0.2) is 0 Å². The van der Waals surface area contributed by atoms with Crippen molar-refractivity contribution >= 4 is 32.0 Å². The van der Waals surface area contributed by atoms with Crippen molar-refractivity contribution in [1.82, 2.24) is 0 Å². The average molecular weight is 513 g/mol. The highest BCUT2D eigenvalue weighted by molar-refractivity contribution is 6.79. The Morgan fingerprint density at radius 3 is 1.40 bits per heavy atom. The van der Waals surface area contributed by atoms with E-state index in [2.05, 4.69) is 20.8 Å². The quantitative estimate of drug-likeness (QED) is 0.185. The highest BCUT2D eigenvalue weighted by Gasteiger charge is 2.64. The van der Waals surface area contributed by atoms with Crippen LogP contribution >= 0.6 is 0 Å². The molecule has 0 aromatic rings. The summed E-state index contributed by atoms with van der Waals surface area (Å²) >= 11 is 0. The van der Waals surface area contributed by atoms with Crippen LogP contribution in [0.5, 0.6) is 0 Å². The molecule has 2 aliphatic carbocycles. The monoisotopic (exact) mass is 512 g/mol. The van der Waals surface area contributed by atoms with Crippen molar-refractivity contribution in [2.75, 3.05) is 28.4 Å². The van der Waals surface area contributed by atoms with E-state index < -0.39 is 42.8 Å². The summed E-state index contributed by atoms with van der Waals surface area (Å²) in [5.41, 5.74) is -2.73. The summed E-state index contributed by atoms with van der Waals surface area (Å²) in [7, 11) is 3.54. The van der Waals surface area contributed by atoms with E-state index in [0.717, 1.165) is 24.2 Å². The van der Waals surface area contributed by atoms with Crippen molar-refractivity contribution in [3.05, 3.63) is 0 Å². The van der Waals surface area contributed by atoms with E-state index in [9.17, 15) is 19.2 Å². The van der Waals surface area contributed by atoms with E-state index >= 15 is 0 Å². The van der Waals surface area contributed by atoms with Crippen LogP contribution in [0.1, 0.15) is 53.4 Å². The van der Waals surface area contributed by atoms with Crippen molar-refractivity contribution in [2.24, 2.45) is 34.5 Å².